The van der Waals surface area contributed by atoms with Gasteiger partial charge in [-0.05, 0) is 53.9 Å². The SMILES string of the molecule is C[C@H](c1ccc(-c2ccc(C(F)(F)F)cc2)cc1)N(C)C(=O)c1ccc2nc(N)c3cnn(C)c3c2c1. The van der Waals surface area contributed by atoms with Gasteiger partial charge in [0.25, 0.3) is 5.91 Å². The zero-order chi connectivity index (χ0) is 26.5. The second-order valence-corrected chi connectivity index (χ2v) is 9.05. The van der Waals surface area contributed by atoms with Crippen molar-refractivity contribution in [1.82, 2.24) is 19.7 Å². The lowest BCUT2D eigenvalue weighted by molar-refractivity contribution is -0.137. The highest BCUT2D eigenvalue weighted by Gasteiger charge is 2.30. The number of aryl methyl sites for hydroxylation is 1. The predicted molar refractivity (Wildman–Crippen MR) is 138 cm³/mol. The number of nitrogen functional groups attached to an aromatic ring is 1. The number of alkyl halides is 3. The maximum absolute atomic E-state index is 13.4. The summed E-state index contributed by atoms with van der Waals surface area (Å²) in [6.45, 7) is 1.92. The molecular formula is C28H24F3N5O. The highest BCUT2D eigenvalue weighted by atomic mass is 19.4. The Labute approximate surface area is 211 Å². The molecule has 0 unspecified atom stereocenters. The first kappa shape index (κ1) is 24.3. The van der Waals surface area contributed by atoms with E-state index in [0.717, 1.165) is 39.5 Å². The molecule has 5 aromatic rings. The smallest absolute Gasteiger partial charge is 0.383 e. The Morgan fingerprint density at radius 3 is 2.22 bits per heavy atom. The van der Waals surface area contributed by atoms with Crippen molar-refractivity contribution in [3.05, 3.63) is 89.6 Å². The molecule has 2 aromatic heterocycles. The lowest BCUT2D eigenvalue weighted by Crippen LogP contribution is -2.29. The fourth-order valence-corrected chi connectivity index (χ4v) is 4.50. The molecule has 2 N–H and O–H groups in total. The molecule has 0 aliphatic heterocycles. The number of fused-ring (bicyclic) bond motifs is 3. The summed E-state index contributed by atoms with van der Waals surface area (Å²) in [6.07, 6.45) is -2.71. The van der Waals surface area contributed by atoms with Crippen molar-refractivity contribution in [3.8, 4) is 11.1 Å². The Morgan fingerprint density at radius 1 is 0.973 bits per heavy atom. The molecule has 0 fully saturated rings. The lowest BCUT2D eigenvalue weighted by Gasteiger charge is -2.26. The number of benzene rings is 3. The van der Waals surface area contributed by atoms with Gasteiger partial charge in [-0.2, -0.15) is 18.3 Å². The first-order valence-electron chi connectivity index (χ1n) is 11.6. The van der Waals surface area contributed by atoms with E-state index in [1.807, 2.05) is 44.3 Å². The van der Waals surface area contributed by atoms with Crippen LogP contribution in [0.2, 0.25) is 0 Å². The number of nitrogens with zero attached hydrogens (tertiary/aromatic N) is 4. The van der Waals surface area contributed by atoms with Crippen LogP contribution in [0, 0.1) is 0 Å². The van der Waals surface area contributed by atoms with Gasteiger partial charge in [-0.15, -0.1) is 0 Å². The standard InChI is InChI=1S/C28H24F3N5O/c1-16(17-4-6-18(7-5-17)19-8-11-21(12-9-19)28(29,30)31)35(2)27(37)20-10-13-24-22(14-20)25-23(26(32)34-24)15-33-36(25)3/h4-16H,1-3H3,(H2,32,34)/t16-/m1/s1. The third-order valence-corrected chi connectivity index (χ3v) is 6.79. The molecule has 1 atom stereocenters. The van der Waals surface area contributed by atoms with E-state index in [-0.39, 0.29) is 11.9 Å². The molecule has 0 radical (unpaired) electrons. The Morgan fingerprint density at radius 2 is 1.59 bits per heavy atom. The van der Waals surface area contributed by atoms with E-state index in [4.69, 9.17) is 5.73 Å². The molecule has 0 bridgehead atoms. The number of rotatable bonds is 4. The number of nitrogens with two attached hydrogens (primary N) is 1. The Hall–Kier alpha value is -4.40. The van der Waals surface area contributed by atoms with Crippen molar-refractivity contribution in [1.29, 1.82) is 0 Å². The van der Waals surface area contributed by atoms with Gasteiger partial charge >= 0.3 is 6.18 Å². The van der Waals surface area contributed by atoms with E-state index in [9.17, 15) is 18.0 Å². The molecule has 5 rings (SSSR count). The summed E-state index contributed by atoms with van der Waals surface area (Å²) in [5.74, 6) is 0.230. The van der Waals surface area contributed by atoms with Crippen LogP contribution in [-0.2, 0) is 13.2 Å². The van der Waals surface area contributed by atoms with E-state index in [2.05, 4.69) is 10.1 Å². The summed E-state index contributed by atoms with van der Waals surface area (Å²) in [6, 6.07) is 17.6. The Bertz CT molecular complexity index is 1620. The average molecular weight is 504 g/mol. The molecule has 3 aromatic carbocycles. The zero-order valence-corrected chi connectivity index (χ0v) is 20.4. The number of carbonyl (C=O) groups excluding carboxylic acids is 1. The van der Waals surface area contributed by atoms with Gasteiger partial charge in [0.05, 0.1) is 34.2 Å². The van der Waals surface area contributed by atoms with Crippen LogP contribution in [-0.4, -0.2) is 32.6 Å². The van der Waals surface area contributed by atoms with Gasteiger partial charge in [0.2, 0.25) is 0 Å². The molecular weight excluding hydrogens is 479 g/mol. The van der Waals surface area contributed by atoms with Crippen LogP contribution in [0.25, 0.3) is 32.9 Å². The summed E-state index contributed by atoms with van der Waals surface area (Å²) in [5.41, 5.74) is 9.77. The van der Waals surface area contributed by atoms with E-state index >= 15 is 0 Å². The molecule has 0 aliphatic carbocycles. The van der Waals surface area contributed by atoms with Crippen molar-refractivity contribution in [2.75, 3.05) is 12.8 Å². The van der Waals surface area contributed by atoms with E-state index in [0.29, 0.717) is 22.5 Å². The van der Waals surface area contributed by atoms with Crippen molar-refractivity contribution < 1.29 is 18.0 Å². The fraction of sp³-hybridized carbons (Fsp3) is 0.179. The normalized spacial score (nSPS) is 12.7. The number of anilines is 1. The monoisotopic (exact) mass is 503 g/mol. The fourth-order valence-electron chi connectivity index (χ4n) is 4.50. The van der Waals surface area contributed by atoms with Crippen LogP contribution in [0.5, 0.6) is 0 Å². The van der Waals surface area contributed by atoms with Crippen LogP contribution in [0.15, 0.2) is 72.9 Å². The summed E-state index contributed by atoms with van der Waals surface area (Å²) in [5, 5.41) is 5.80. The lowest BCUT2D eigenvalue weighted by atomic mass is 9.99. The number of amides is 1. The molecule has 37 heavy (non-hydrogen) atoms. The highest BCUT2D eigenvalue weighted by Crippen LogP contribution is 2.32. The third-order valence-electron chi connectivity index (χ3n) is 6.79. The number of hydrogen-bond donors (Lipinski definition) is 1. The number of carbonyl (C=O) groups is 1. The number of aromatic nitrogens is 3. The summed E-state index contributed by atoms with van der Waals surface area (Å²) in [4.78, 5) is 19.5. The van der Waals surface area contributed by atoms with E-state index < -0.39 is 11.7 Å². The Kier molecular flexibility index (Phi) is 5.86. The van der Waals surface area contributed by atoms with Gasteiger partial charge in [0, 0.05) is 25.0 Å². The molecule has 0 saturated carbocycles. The molecule has 0 saturated heterocycles. The van der Waals surface area contributed by atoms with Crippen molar-refractivity contribution in [2.24, 2.45) is 7.05 Å². The molecule has 6 nitrogen and oxygen atoms in total. The van der Waals surface area contributed by atoms with Gasteiger partial charge < -0.3 is 10.6 Å². The predicted octanol–water partition coefficient (Wildman–Crippen LogP) is 6.22. The van der Waals surface area contributed by atoms with Crippen LogP contribution in [0.4, 0.5) is 19.0 Å². The zero-order valence-electron chi connectivity index (χ0n) is 20.4. The maximum Gasteiger partial charge on any atom is 0.416 e. The van der Waals surface area contributed by atoms with Gasteiger partial charge in [-0.1, -0.05) is 36.4 Å². The van der Waals surface area contributed by atoms with E-state index in [1.165, 1.54) is 12.1 Å². The van der Waals surface area contributed by atoms with Crippen molar-refractivity contribution in [2.45, 2.75) is 19.1 Å². The van der Waals surface area contributed by atoms with Crippen molar-refractivity contribution >= 4 is 33.5 Å². The number of halogens is 3. The molecule has 0 spiro atoms. The van der Waals surface area contributed by atoms with Crippen LogP contribution in [0.3, 0.4) is 0 Å². The Balaban J connectivity index is 1.39. The van der Waals surface area contributed by atoms with Crippen LogP contribution < -0.4 is 5.73 Å². The number of hydrogen-bond acceptors (Lipinski definition) is 4. The molecule has 188 valence electrons. The van der Waals surface area contributed by atoms with Gasteiger partial charge in [-0.25, -0.2) is 4.98 Å². The molecule has 1 amide bonds. The third kappa shape index (κ3) is 4.37. The van der Waals surface area contributed by atoms with Gasteiger partial charge in [-0.3, -0.25) is 9.48 Å². The minimum absolute atomic E-state index is 0.159. The minimum atomic E-state index is -4.37. The highest BCUT2D eigenvalue weighted by molar-refractivity contribution is 6.10. The molecule has 9 heteroatoms. The van der Waals surface area contributed by atoms with E-state index in [1.54, 1.807) is 35.0 Å². The quantitative estimate of drug-likeness (QED) is 0.316. The second kappa shape index (κ2) is 8.92. The minimum Gasteiger partial charge on any atom is -0.383 e. The van der Waals surface area contributed by atoms with Gasteiger partial charge in [0.1, 0.15) is 5.82 Å². The first-order valence-corrected chi connectivity index (χ1v) is 11.6. The molecule has 2 heterocycles. The van der Waals surface area contributed by atoms with Crippen molar-refractivity contribution in [3.63, 3.8) is 0 Å². The summed E-state index contributed by atoms with van der Waals surface area (Å²) < 4.78 is 40.3. The van der Waals surface area contributed by atoms with Gasteiger partial charge in [0.15, 0.2) is 0 Å². The number of pyridine rings is 1. The average Bonchev–Trinajstić information content (AvgIpc) is 3.29. The van der Waals surface area contributed by atoms with Crippen LogP contribution in [0.1, 0.15) is 34.5 Å². The summed E-state index contributed by atoms with van der Waals surface area (Å²) >= 11 is 0. The summed E-state index contributed by atoms with van der Waals surface area (Å²) in [7, 11) is 3.56. The molecule has 0 aliphatic rings. The second-order valence-electron chi connectivity index (χ2n) is 9.05. The maximum atomic E-state index is 13.4. The topological polar surface area (TPSA) is 77.0 Å². The first-order chi connectivity index (χ1) is 17.5. The van der Waals surface area contributed by atoms with Crippen LogP contribution >= 0.6 is 0 Å². The largest absolute Gasteiger partial charge is 0.416 e.